The number of hydrogen-bond acceptors (Lipinski definition) is 6. The molecular weight excluding hydrogens is 434 g/mol. The molecule has 34 heavy (non-hydrogen) atoms. The van der Waals surface area contributed by atoms with E-state index in [1.807, 2.05) is 50.2 Å². The number of nitrogens with zero attached hydrogens (tertiary/aromatic N) is 4. The molecule has 5 aromatic rings. The van der Waals surface area contributed by atoms with Crippen molar-refractivity contribution in [3.05, 3.63) is 81.3 Å². The highest BCUT2D eigenvalue weighted by atomic mass is 16.5. The first-order valence-electron chi connectivity index (χ1n) is 10.8. The van der Waals surface area contributed by atoms with Crippen LogP contribution in [0.2, 0.25) is 0 Å². The molecule has 9 nitrogen and oxygen atoms in total. The maximum atomic E-state index is 13.5. The van der Waals surface area contributed by atoms with Gasteiger partial charge in [-0.2, -0.15) is 0 Å². The molecule has 4 aromatic heterocycles. The average molecular weight is 457 g/mol. The number of benzene rings is 1. The van der Waals surface area contributed by atoms with Crippen LogP contribution in [0.4, 0.5) is 5.69 Å². The van der Waals surface area contributed by atoms with E-state index in [0.29, 0.717) is 39.5 Å². The number of pyridine rings is 1. The summed E-state index contributed by atoms with van der Waals surface area (Å²) in [7, 11) is 1.77. The van der Waals surface area contributed by atoms with Gasteiger partial charge < -0.3 is 14.3 Å². The molecular formula is C25H23N5O4. The van der Waals surface area contributed by atoms with Crippen LogP contribution >= 0.6 is 0 Å². The average Bonchev–Trinajstić information content (AvgIpc) is 3.43. The topological polar surface area (TPSA) is 108 Å². The number of fused-ring (bicyclic) bond motifs is 1. The number of nitrogens with one attached hydrogen (secondary N) is 1. The van der Waals surface area contributed by atoms with E-state index in [0.717, 1.165) is 11.3 Å². The van der Waals surface area contributed by atoms with Crippen molar-refractivity contribution >= 4 is 22.7 Å². The van der Waals surface area contributed by atoms with E-state index < -0.39 is 5.91 Å². The second-order valence-corrected chi connectivity index (χ2v) is 8.22. The van der Waals surface area contributed by atoms with Gasteiger partial charge >= 0.3 is 0 Å². The number of rotatable bonds is 4. The van der Waals surface area contributed by atoms with Gasteiger partial charge in [0.25, 0.3) is 17.2 Å². The smallest absolute Gasteiger partial charge is 0.295 e. The summed E-state index contributed by atoms with van der Waals surface area (Å²) in [6.07, 6.45) is 0. The van der Waals surface area contributed by atoms with Gasteiger partial charge in [-0.15, -0.1) is 0 Å². The molecule has 0 spiro atoms. The maximum absolute atomic E-state index is 13.5. The first kappa shape index (κ1) is 21.4. The summed E-state index contributed by atoms with van der Waals surface area (Å²) in [6, 6.07) is 12.8. The van der Waals surface area contributed by atoms with Crippen LogP contribution in [0.1, 0.15) is 33.3 Å². The minimum Gasteiger partial charge on any atom is -0.466 e. The Morgan fingerprint density at radius 2 is 1.79 bits per heavy atom. The highest BCUT2D eigenvalue weighted by Gasteiger charge is 2.24. The molecule has 0 bridgehead atoms. The van der Waals surface area contributed by atoms with Gasteiger partial charge in [-0.1, -0.05) is 23.4 Å². The monoisotopic (exact) mass is 457 g/mol. The van der Waals surface area contributed by atoms with Crippen LogP contribution in [0.15, 0.2) is 56.2 Å². The predicted molar refractivity (Wildman–Crippen MR) is 127 cm³/mol. The van der Waals surface area contributed by atoms with Crippen LogP contribution in [0.3, 0.4) is 0 Å². The lowest BCUT2D eigenvalue weighted by Gasteiger charge is -2.08. The second kappa shape index (κ2) is 7.87. The van der Waals surface area contributed by atoms with Gasteiger partial charge in [0.05, 0.1) is 33.7 Å². The molecule has 1 aromatic carbocycles. The van der Waals surface area contributed by atoms with E-state index in [-0.39, 0.29) is 17.0 Å². The van der Waals surface area contributed by atoms with E-state index in [4.69, 9.17) is 8.94 Å². The molecule has 0 unspecified atom stereocenters. The predicted octanol–water partition coefficient (Wildman–Crippen LogP) is 4.46. The summed E-state index contributed by atoms with van der Waals surface area (Å²) in [5, 5.41) is 7.31. The van der Waals surface area contributed by atoms with Crippen molar-refractivity contribution in [1.82, 2.24) is 19.5 Å². The third-order valence-electron chi connectivity index (χ3n) is 5.97. The molecule has 9 heteroatoms. The Hall–Kier alpha value is -4.40. The number of aromatic nitrogens is 4. The van der Waals surface area contributed by atoms with Crippen molar-refractivity contribution in [2.75, 3.05) is 5.32 Å². The summed E-state index contributed by atoms with van der Waals surface area (Å²) in [5.41, 5.74) is 3.56. The first-order chi connectivity index (χ1) is 16.3. The quantitative estimate of drug-likeness (QED) is 0.427. The Morgan fingerprint density at radius 3 is 2.47 bits per heavy atom. The molecule has 4 heterocycles. The van der Waals surface area contributed by atoms with Gasteiger partial charge in [0.1, 0.15) is 17.2 Å². The van der Waals surface area contributed by atoms with Crippen LogP contribution in [-0.2, 0) is 7.05 Å². The summed E-state index contributed by atoms with van der Waals surface area (Å²) in [5.74, 6) is 0.955. The molecule has 5 rings (SSSR count). The van der Waals surface area contributed by atoms with E-state index in [2.05, 4.69) is 15.5 Å². The minimum absolute atomic E-state index is 0.201. The summed E-state index contributed by atoms with van der Waals surface area (Å²) >= 11 is 0. The number of amides is 1. The van der Waals surface area contributed by atoms with Crippen LogP contribution in [0.25, 0.3) is 28.0 Å². The third kappa shape index (κ3) is 3.33. The summed E-state index contributed by atoms with van der Waals surface area (Å²) in [4.78, 5) is 31.3. The lowest BCUT2D eigenvalue weighted by molar-refractivity contribution is 0.102. The van der Waals surface area contributed by atoms with Gasteiger partial charge in [0.2, 0.25) is 0 Å². The number of carbonyl (C=O) groups is 1. The Balaban J connectivity index is 1.62. The van der Waals surface area contributed by atoms with E-state index >= 15 is 0 Å². The fourth-order valence-electron chi connectivity index (χ4n) is 4.19. The van der Waals surface area contributed by atoms with Crippen LogP contribution < -0.4 is 10.9 Å². The Morgan fingerprint density at radius 1 is 1.06 bits per heavy atom. The zero-order valence-electron chi connectivity index (χ0n) is 19.5. The lowest BCUT2D eigenvalue weighted by Crippen LogP contribution is -2.23. The molecule has 0 saturated heterocycles. The molecule has 1 amide bonds. The number of carbonyl (C=O) groups excluding carboxylic acids is 1. The van der Waals surface area contributed by atoms with Crippen LogP contribution in [0, 0.1) is 27.7 Å². The normalized spacial score (nSPS) is 11.3. The van der Waals surface area contributed by atoms with Gasteiger partial charge in [0, 0.05) is 12.6 Å². The van der Waals surface area contributed by atoms with Crippen molar-refractivity contribution in [2.45, 2.75) is 27.7 Å². The maximum Gasteiger partial charge on any atom is 0.295 e. The minimum atomic E-state index is -0.455. The fraction of sp³-hybridized carbons (Fsp3) is 0.200. The molecule has 0 aliphatic carbocycles. The zero-order valence-corrected chi connectivity index (χ0v) is 19.5. The van der Waals surface area contributed by atoms with Crippen LogP contribution in [-0.4, -0.2) is 25.4 Å². The molecule has 0 radical (unpaired) electrons. The number of hydrogen-bond donors (Lipinski definition) is 1. The highest BCUT2D eigenvalue weighted by molar-refractivity contribution is 6.13. The Kier molecular flexibility index (Phi) is 4.97. The van der Waals surface area contributed by atoms with Gasteiger partial charge in [-0.05, 0) is 52.0 Å². The van der Waals surface area contributed by atoms with Crippen LogP contribution in [0.5, 0.6) is 0 Å². The van der Waals surface area contributed by atoms with Crippen molar-refractivity contribution in [1.29, 1.82) is 0 Å². The van der Waals surface area contributed by atoms with Gasteiger partial charge in [-0.25, -0.2) is 9.67 Å². The third-order valence-corrected chi connectivity index (χ3v) is 5.97. The standard InChI is InChI=1S/C25H23N5O4/c1-13-11-18(16(4)33-13)20-12-19(21-14(2)28-34-24(21)26-20)23(31)27-22-15(3)29(5)30(25(22)32)17-9-7-6-8-10-17/h6-12H,1-5H3,(H,27,31). The molecule has 1 N–H and O–H groups in total. The largest absolute Gasteiger partial charge is 0.466 e. The molecule has 0 atom stereocenters. The van der Waals surface area contributed by atoms with Crippen molar-refractivity contribution in [3.8, 4) is 16.9 Å². The number of furan rings is 1. The zero-order chi connectivity index (χ0) is 24.1. The number of anilines is 1. The fourth-order valence-corrected chi connectivity index (χ4v) is 4.19. The summed E-state index contributed by atoms with van der Waals surface area (Å²) < 4.78 is 14.2. The highest BCUT2D eigenvalue weighted by Crippen LogP contribution is 2.31. The van der Waals surface area contributed by atoms with E-state index in [1.54, 1.807) is 31.6 Å². The van der Waals surface area contributed by atoms with E-state index in [9.17, 15) is 9.59 Å². The number of aryl methyl sites for hydroxylation is 3. The lowest BCUT2D eigenvalue weighted by atomic mass is 10.1. The molecule has 0 saturated carbocycles. The van der Waals surface area contributed by atoms with E-state index in [1.165, 1.54) is 4.68 Å². The van der Waals surface area contributed by atoms with Gasteiger partial charge in [0.15, 0.2) is 0 Å². The molecule has 0 aliphatic heterocycles. The molecule has 0 fully saturated rings. The van der Waals surface area contributed by atoms with Crippen molar-refractivity contribution in [2.24, 2.45) is 7.05 Å². The van der Waals surface area contributed by atoms with Crippen molar-refractivity contribution < 1.29 is 13.7 Å². The Bertz CT molecular complexity index is 1620. The van der Waals surface area contributed by atoms with Crippen molar-refractivity contribution in [3.63, 3.8) is 0 Å². The SMILES string of the molecule is Cc1cc(-c2cc(C(=O)Nc3c(C)n(C)n(-c4ccccc4)c3=O)c3c(C)noc3n2)c(C)o1. The summed E-state index contributed by atoms with van der Waals surface area (Å²) in [6.45, 7) is 7.20. The van der Waals surface area contributed by atoms with Gasteiger partial charge in [-0.3, -0.25) is 14.3 Å². The second-order valence-electron chi connectivity index (χ2n) is 8.22. The number of para-hydroxylation sites is 1. The molecule has 172 valence electrons. The first-order valence-corrected chi connectivity index (χ1v) is 10.8. The Labute approximate surface area is 194 Å². The molecule has 0 aliphatic rings.